The van der Waals surface area contributed by atoms with Crippen LogP contribution in [0.5, 0.6) is 5.75 Å². The van der Waals surface area contributed by atoms with Gasteiger partial charge in [-0.3, -0.25) is 14.4 Å². The second kappa shape index (κ2) is 12.9. The van der Waals surface area contributed by atoms with Crippen LogP contribution in [0.4, 0.5) is 0 Å². The maximum atomic E-state index is 13.6. The van der Waals surface area contributed by atoms with E-state index in [-0.39, 0.29) is 24.5 Å². The standard InChI is InChI=1S/C30H37N5O6/c1-17(2)26(34-27(37)22(31)14-18-9-11-20(36)12-10-18)29(39)35-13-5-8-25(35)28(38)33-24(30(40)41)15-19-16-32-23-7-4-3-6-21(19)23/h3-4,6-7,9-12,16-17,22,24-26,32,36H,5,8,13-15,31H2,1-2H3,(H,33,38)(H,34,37)(H,40,41). The molecule has 4 unspecified atom stereocenters. The Balaban J connectivity index is 1.41. The smallest absolute Gasteiger partial charge is 0.326 e. The van der Waals surface area contributed by atoms with E-state index in [1.54, 1.807) is 32.2 Å². The molecule has 0 bridgehead atoms. The van der Waals surface area contributed by atoms with Gasteiger partial charge < -0.3 is 36.5 Å². The number of carboxylic acid groups (broad SMARTS) is 1. The highest BCUT2D eigenvalue weighted by Crippen LogP contribution is 2.22. The number of para-hydroxylation sites is 1. The van der Waals surface area contributed by atoms with Crippen molar-refractivity contribution < 1.29 is 29.4 Å². The molecule has 7 N–H and O–H groups in total. The first-order valence-corrected chi connectivity index (χ1v) is 13.8. The van der Waals surface area contributed by atoms with E-state index < -0.39 is 47.9 Å². The molecule has 0 spiro atoms. The van der Waals surface area contributed by atoms with Gasteiger partial charge in [0.25, 0.3) is 0 Å². The van der Waals surface area contributed by atoms with Gasteiger partial charge in [-0.25, -0.2) is 4.79 Å². The number of aromatic hydroxyl groups is 1. The average Bonchev–Trinajstić information content (AvgIpc) is 3.59. The molecule has 2 aromatic carbocycles. The Morgan fingerprint density at radius 2 is 1.76 bits per heavy atom. The van der Waals surface area contributed by atoms with Crippen LogP contribution in [0.25, 0.3) is 10.9 Å². The van der Waals surface area contributed by atoms with Gasteiger partial charge in [0.15, 0.2) is 0 Å². The number of phenolic OH excluding ortho intramolecular Hbond substituents is 1. The number of hydrogen-bond acceptors (Lipinski definition) is 6. The van der Waals surface area contributed by atoms with E-state index in [2.05, 4.69) is 15.6 Å². The maximum Gasteiger partial charge on any atom is 0.326 e. The van der Waals surface area contributed by atoms with E-state index in [0.717, 1.165) is 22.0 Å². The lowest BCUT2D eigenvalue weighted by Crippen LogP contribution is -2.58. The molecule has 0 aliphatic carbocycles. The van der Waals surface area contributed by atoms with Crippen LogP contribution in [0.1, 0.15) is 37.8 Å². The molecule has 3 aromatic rings. The number of likely N-dealkylation sites (tertiary alicyclic amines) is 1. The summed E-state index contributed by atoms with van der Waals surface area (Å²) in [7, 11) is 0. The Morgan fingerprint density at radius 3 is 2.44 bits per heavy atom. The summed E-state index contributed by atoms with van der Waals surface area (Å²) in [5, 5.41) is 25.6. The number of benzene rings is 2. The number of carbonyl (C=O) groups is 4. The van der Waals surface area contributed by atoms with Gasteiger partial charge in [-0.15, -0.1) is 0 Å². The van der Waals surface area contributed by atoms with Crippen LogP contribution in [0.3, 0.4) is 0 Å². The molecule has 3 amide bonds. The number of rotatable bonds is 11. The summed E-state index contributed by atoms with van der Waals surface area (Å²) in [6.07, 6.45) is 2.99. The predicted molar refractivity (Wildman–Crippen MR) is 153 cm³/mol. The van der Waals surface area contributed by atoms with Gasteiger partial charge >= 0.3 is 5.97 Å². The minimum Gasteiger partial charge on any atom is -0.508 e. The number of H-pyrrole nitrogens is 1. The molecular formula is C30H37N5O6. The van der Waals surface area contributed by atoms with E-state index in [9.17, 15) is 29.4 Å². The van der Waals surface area contributed by atoms with Crippen molar-refractivity contribution in [3.05, 3.63) is 65.9 Å². The number of phenols is 1. The van der Waals surface area contributed by atoms with Crippen LogP contribution in [-0.2, 0) is 32.0 Å². The Hall–Kier alpha value is -4.38. The zero-order chi connectivity index (χ0) is 29.7. The zero-order valence-corrected chi connectivity index (χ0v) is 23.2. The van der Waals surface area contributed by atoms with Crippen molar-refractivity contribution in [2.24, 2.45) is 11.7 Å². The largest absolute Gasteiger partial charge is 0.508 e. The molecule has 1 aliphatic rings. The van der Waals surface area contributed by atoms with Gasteiger partial charge in [0.1, 0.15) is 23.9 Å². The van der Waals surface area contributed by atoms with Crippen molar-refractivity contribution in [2.75, 3.05) is 6.54 Å². The van der Waals surface area contributed by atoms with E-state index in [1.807, 2.05) is 24.3 Å². The Kier molecular flexibility index (Phi) is 9.28. The Labute approximate surface area is 238 Å². The third-order valence-electron chi connectivity index (χ3n) is 7.51. The number of aliphatic carboxylic acids is 1. The zero-order valence-electron chi connectivity index (χ0n) is 23.2. The van der Waals surface area contributed by atoms with Crippen molar-refractivity contribution in [2.45, 2.75) is 63.7 Å². The summed E-state index contributed by atoms with van der Waals surface area (Å²) < 4.78 is 0. The summed E-state index contributed by atoms with van der Waals surface area (Å²) in [6.45, 7) is 3.90. The highest BCUT2D eigenvalue weighted by molar-refractivity contribution is 5.95. The molecule has 4 atom stereocenters. The van der Waals surface area contributed by atoms with E-state index in [4.69, 9.17) is 5.73 Å². The maximum absolute atomic E-state index is 13.6. The van der Waals surface area contributed by atoms with Gasteiger partial charge in [-0.05, 0) is 54.5 Å². The number of carboxylic acids is 1. The van der Waals surface area contributed by atoms with E-state index >= 15 is 0 Å². The number of aromatic amines is 1. The molecule has 0 radical (unpaired) electrons. The summed E-state index contributed by atoms with van der Waals surface area (Å²) in [5.74, 6) is -2.81. The summed E-state index contributed by atoms with van der Waals surface area (Å²) in [5.41, 5.74) is 8.51. The second-order valence-electron chi connectivity index (χ2n) is 10.9. The number of aromatic nitrogens is 1. The fourth-order valence-electron chi connectivity index (χ4n) is 5.22. The monoisotopic (exact) mass is 563 g/mol. The predicted octanol–water partition coefficient (Wildman–Crippen LogP) is 1.69. The highest BCUT2D eigenvalue weighted by Gasteiger charge is 2.40. The van der Waals surface area contributed by atoms with Crippen LogP contribution in [0.2, 0.25) is 0 Å². The fraction of sp³-hybridized carbons (Fsp3) is 0.400. The van der Waals surface area contributed by atoms with Crippen LogP contribution in [0, 0.1) is 5.92 Å². The van der Waals surface area contributed by atoms with E-state index in [1.165, 1.54) is 17.0 Å². The third kappa shape index (κ3) is 7.04. The first-order chi connectivity index (χ1) is 19.5. The van der Waals surface area contributed by atoms with Crippen molar-refractivity contribution in [3.63, 3.8) is 0 Å². The minimum atomic E-state index is -1.18. The summed E-state index contributed by atoms with van der Waals surface area (Å²) in [6, 6.07) is 10.00. The Morgan fingerprint density at radius 1 is 1.05 bits per heavy atom. The molecule has 4 rings (SSSR count). The average molecular weight is 564 g/mol. The first-order valence-electron chi connectivity index (χ1n) is 13.8. The minimum absolute atomic E-state index is 0.0787. The second-order valence-corrected chi connectivity index (χ2v) is 10.9. The Bertz CT molecular complexity index is 1400. The molecule has 2 heterocycles. The summed E-state index contributed by atoms with van der Waals surface area (Å²) >= 11 is 0. The SMILES string of the molecule is CC(C)C(NC(=O)C(N)Cc1ccc(O)cc1)C(=O)N1CCCC1C(=O)NC(Cc1c[nH]c2ccccc12)C(=O)O. The molecule has 11 heteroatoms. The number of nitrogens with one attached hydrogen (secondary N) is 3. The van der Waals surface area contributed by atoms with Crippen LogP contribution >= 0.6 is 0 Å². The fourth-order valence-corrected chi connectivity index (χ4v) is 5.22. The molecule has 11 nitrogen and oxygen atoms in total. The molecule has 1 aliphatic heterocycles. The quantitative estimate of drug-likeness (QED) is 0.205. The van der Waals surface area contributed by atoms with Crippen molar-refractivity contribution in [1.29, 1.82) is 0 Å². The van der Waals surface area contributed by atoms with Gasteiger partial charge in [0, 0.05) is 30.1 Å². The molecule has 1 fully saturated rings. The van der Waals surface area contributed by atoms with Crippen LogP contribution < -0.4 is 16.4 Å². The van der Waals surface area contributed by atoms with Crippen molar-refractivity contribution in [1.82, 2.24) is 20.5 Å². The third-order valence-corrected chi connectivity index (χ3v) is 7.51. The summed E-state index contributed by atoms with van der Waals surface area (Å²) in [4.78, 5) is 56.5. The van der Waals surface area contributed by atoms with Gasteiger partial charge in [0.2, 0.25) is 17.7 Å². The first kappa shape index (κ1) is 29.6. The lowest BCUT2D eigenvalue weighted by Gasteiger charge is -2.31. The molecule has 0 saturated carbocycles. The molecule has 1 aromatic heterocycles. The number of hydrogen-bond donors (Lipinski definition) is 6. The van der Waals surface area contributed by atoms with Crippen molar-refractivity contribution in [3.8, 4) is 5.75 Å². The molecule has 1 saturated heterocycles. The normalized spacial score (nSPS) is 17.3. The lowest BCUT2D eigenvalue weighted by atomic mass is 10.00. The molecule has 218 valence electrons. The number of nitrogens with zero attached hydrogens (tertiary/aromatic N) is 1. The van der Waals surface area contributed by atoms with Gasteiger partial charge in [-0.1, -0.05) is 44.2 Å². The number of nitrogens with two attached hydrogens (primary N) is 1. The van der Waals surface area contributed by atoms with Gasteiger partial charge in [-0.2, -0.15) is 0 Å². The topological polar surface area (TPSA) is 178 Å². The number of amides is 3. The number of carbonyl (C=O) groups excluding carboxylic acids is 3. The number of fused-ring (bicyclic) bond motifs is 1. The highest BCUT2D eigenvalue weighted by atomic mass is 16.4. The lowest BCUT2D eigenvalue weighted by molar-refractivity contribution is -0.145. The van der Waals surface area contributed by atoms with Gasteiger partial charge in [0.05, 0.1) is 6.04 Å². The van der Waals surface area contributed by atoms with Crippen LogP contribution in [-0.4, -0.2) is 74.5 Å². The van der Waals surface area contributed by atoms with E-state index in [0.29, 0.717) is 19.4 Å². The molecule has 41 heavy (non-hydrogen) atoms. The van der Waals surface area contributed by atoms with Crippen molar-refractivity contribution >= 4 is 34.6 Å². The molecular weight excluding hydrogens is 526 g/mol. The van der Waals surface area contributed by atoms with Crippen LogP contribution in [0.15, 0.2) is 54.7 Å².